The first-order valence-corrected chi connectivity index (χ1v) is 17.4. The zero-order valence-corrected chi connectivity index (χ0v) is 26.0. The predicted molar refractivity (Wildman–Crippen MR) is 168 cm³/mol. The summed E-state index contributed by atoms with van der Waals surface area (Å²) >= 11 is 3.46. The number of sulfonamides is 2. The third-order valence-corrected chi connectivity index (χ3v) is 9.77. The molecule has 220 valence electrons. The number of benzene rings is 2. The van der Waals surface area contributed by atoms with Gasteiger partial charge in [0.2, 0.25) is 26.0 Å². The van der Waals surface area contributed by atoms with Gasteiger partial charge in [0, 0.05) is 31.5 Å². The normalized spacial score (nSPS) is 16.6. The van der Waals surface area contributed by atoms with Gasteiger partial charge >= 0.3 is 0 Å². The molecular formula is C26H33BrN8O4S2. The number of para-hydroxylation sites is 2. The second kappa shape index (κ2) is 12.0. The van der Waals surface area contributed by atoms with E-state index in [2.05, 4.69) is 62.8 Å². The molecule has 2 fully saturated rings. The van der Waals surface area contributed by atoms with Crippen molar-refractivity contribution < 1.29 is 16.8 Å². The molecule has 5 rings (SSSR count). The van der Waals surface area contributed by atoms with Crippen molar-refractivity contribution in [1.82, 2.24) is 14.9 Å². The smallest absolute Gasteiger partial charge is 0.235 e. The van der Waals surface area contributed by atoms with E-state index >= 15 is 0 Å². The first-order chi connectivity index (χ1) is 19.5. The van der Waals surface area contributed by atoms with Gasteiger partial charge in [-0.05, 0) is 79.1 Å². The number of anilines is 7. The van der Waals surface area contributed by atoms with Crippen molar-refractivity contribution in [3.63, 3.8) is 0 Å². The van der Waals surface area contributed by atoms with Crippen LogP contribution in [0.4, 0.5) is 40.2 Å². The summed E-state index contributed by atoms with van der Waals surface area (Å²) < 4.78 is 55.4. The molecule has 3 aromatic rings. The lowest BCUT2D eigenvalue weighted by atomic mass is 10.2. The Bertz CT molecular complexity index is 1630. The summed E-state index contributed by atoms with van der Waals surface area (Å²) in [7, 11) is -4.89. The average molecular weight is 666 g/mol. The third kappa shape index (κ3) is 7.78. The molecule has 12 nitrogen and oxygen atoms in total. The lowest BCUT2D eigenvalue weighted by molar-refractivity contribution is 0.360. The molecule has 0 spiro atoms. The highest BCUT2D eigenvalue weighted by molar-refractivity contribution is 9.10. The molecule has 1 saturated carbocycles. The molecule has 1 saturated heterocycles. The predicted octanol–water partition coefficient (Wildman–Crippen LogP) is 4.14. The number of hydrogen-bond acceptors (Lipinski definition) is 10. The minimum Gasteiger partial charge on any atom is -0.369 e. The van der Waals surface area contributed by atoms with Crippen LogP contribution in [0.5, 0.6) is 0 Å². The van der Waals surface area contributed by atoms with Crippen LogP contribution < -0.4 is 25.0 Å². The molecule has 2 heterocycles. The molecular weight excluding hydrogens is 632 g/mol. The van der Waals surface area contributed by atoms with E-state index in [0.717, 1.165) is 44.5 Å². The summed E-state index contributed by atoms with van der Waals surface area (Å²) in [6, 6.07) is 12.5. The molecule has 1 aliphatic carbocycles. The maximum Gasteiger partial charge on any atom is 0.235 e. The van der Waals surface area contributed by atoms with Gasteiger partial charge in [0.05, 0.1) is 38.7 Å². The first kappa shape index (κ1) is 29.4. The highest BCUT2D eigenvalue weighted by atomic mass is 79.9. The second-order valence-electron chi connectivity index (χ2n) is 10.3. The Morgan fingerprint density at radius 3 is 2.39 bits per heavy atom. The first-order valence-electron chi connectivity index (χ1n) is 13.2. The van der Waals surface area contributed by atoms with Crippen LogP contribution >= 0.6 is 15.9 Å². The summed E-state index contributed by atoms with van der Waals surface area (Å²) in [4.78, 5) is 13.4. The molecule has 1 aromatic heterocycles. The Morgan fingerprint density at radius 1 is 0.902 bits per heavy atom. The summed E-state index contributed by atoms with van der Waals surface area (Å²) in [6.07, 6.45) is 5.00. The maximum absolute atomic E-state index is 12.5. The van der Waals surface area contributed by atoms with E-state index in [9.17, 15) is 16.8 Å². The Morgan fingerprint density at radius 2 is 1.66 bits per heavy atom. The van der Waals surface area contributed by atoms with Gasteiger partial charge in [0.15, 0.2) is 0 Å². The van der Waals surface area contributed by atoms with Gasteiger partial charge in [-0.2, -0.15) is 4.98 Å². The lowest BCUT2D eigenvalue weighted by Gasteiger charge is -2.26. The van der Waals surface area contributed by atoms with E-state index in [-0.39, 0.29) is 11.2 Å². The maximum atomic E-state index is 12.5. The third-order valence-electron chi connectivity index (χ3n) is 6.75. The molecule has 0 radical (unpaired) electrons. The number of hydrogen-bond donors (Lipinski definition) is 4. The standard InChI is InChI=1S/C26H33BrN8O4S2/c1-34-12-5-13-35(15-14-34)24-11-8-18(16-23(24)32-40(2,36)37)29-26-28-17-20(27)25(31-26)30-21-6-3-4-7-22(21)33-41(38,39)19-9-10-19/h3-4,6-8,11,16-17,19,32-33H,5,9-10,12-15H2,1-2H3,(H2,28,29,30,31). The van der Waals surface area contributed by atoms with Crippen LogP contribution in [0, 0.1) is 0 Å². The summed E-state index contributed by atoms with van der Waals surface area (Å²) in [5.74, 6) is 0.682. The number of nitrogens with one attached hydrogen (secondary N) is 4. The molecule has 0 atom stereocenters. The van der Waals surface area contributed by atoms with E-state index in [4.69, 9.17) is 0 Å². The van der Waals surface area contributed by atoms with E-state index < -0.39 is 20.0 Å². The molecule has 4 N–H and O–H groups in total. The fourth-order valence-corrected chi connectivity index (χ4v) is 6.79. The summed E-state index contributed by atoms with van der Waals surface area (Å²) in [5, 5.41) is 5.98. The van der Waals surface area contributed by atoms with Crippen LogP contribution in [0.3, 0.4) is 0 Å². The SMILES string of the molecule is CN1CCCN(c2ccc(Nc3ncc(Br)c(Nc4ccccc4NS(=O)(=O)C4CC4)n3)cc2NS(C)(=O)=O)CC1. The van der Waals surface area contributed by atoms with E-state index in [1.54, 1.807) is 36.5 Å². The number of likely N-dealkylation sites (N-methyl/N-ethyl adjacent to an activating group) is 1. The molecule has 0 amide bonds. The Kier molecular flexibility index (Phi) is 8.59. The topological polar surface area (TPSA) is 149 Å². The van der Waals surface area contributed by atoms with Crippen molar-refractivity contribution in [3.8, 4) is 0 Å². The molecule has 0 bridgehead atoms. The van der Waals surface area contributed by atoms with Crippen LogP contribution in [-0.4, -0.2) is 76.4 Å². The van der Waals surface area contributed by atoms with E-state index in [1.807, 2.05) is 12.1 Å². The molecule has 41 heavy (non-hydrogen) atoms. The van der Waals surface area contributed by atoms with Crippen molar-refractivity contribution in [1.29, 1.82) is 0 Å². The number of aromatic nitrogens is 2. The van der Waals surface area contributed by atoms with Crippen LogP contribution in [-0.2, 0) is 20.0 Å². The largest absolute Gasteiger partial charge is 0.369 e. The molecule has 1 aliphatic heterocycles. The van der Waals surface area contributed by atoms with Gasteiger partial charge in [0.1, 0.15) is 5.82 Å². The van der Waals surface area contributed by atoms with Gasteiger partial charge in [0.25, 0.3) is 0 Å². The Balaban J connectivity index is 1.38. The van der Waals surface area contributed by atoms with Crippen molar-refractivity contribution in [2.45, 2.75) is 24.5 Å². The highest BCUT2D eigenvalue weighted by Crippen LogP contribution is 2.35. The average Bonchev–Trinajstić information content (AvgIpc) is 3.76. The van der Waals surface area contributed by atoms with Gasteiger partial charge in [-0.1, -0.05) is 12.1 Å². The second-order valence-corrected chi connectivity index (χ2v) is 14.8. The van der Waals surface area contributed by atoms with E-state index in [0.29, 0.717) is 45.9 Å². The van der Waals surface area contributed by atoms with Gasteiger partial charge < -0.3 is 20.4 Å². The molecule has 2 aliphatic rings. The summed E-state index contributed by atoms with van der Waals surface area (Å²) in [5.41, 5.74) is 2.83. The summed E-state index contributed by atoms with van der Waals surface area (Å²) in [6.45, 7) is 3.47. The van der Waals surface area contributed by atoms with Crippen molar-refractivity contribution >= 4 is 76.2 Å². The zero-order valence-electron chi connectivity index (χ0n) is 22.8. The lowest BCUT2D eigenvalue weighted by Crippen LogP contribution is -2.29. The molecule has 15 heteroatoms. The molecule has 0 unspecified atom stereocenters. The molecule has 2 aromatic carbocycles. The highest BCUT2D eigenvalue weighted by Gasteiger charge is 2.36. The quantitative estimate of drug-likeness (QED) is 0.249. The van der Waals surface area contributed by atoms with E-state index in [1.165, 1.54) is 0 Å². The van der Waals surface area contributed by atoms with Gasteiger partial charge in [-0.15, -0.1) is 0 Å². The number of halogens is 1. The number of nitrogens with zero attached hydrogens (tertiary/aromatic N) is 4. The zero-order chi connectivity index (χ0) is 29.2. The fourth-order valence-electron chi connectivity index (χ4n) is 4.53. The van der Waals surface area contributed by atoms with Crippen molar-refractivity contribution in [2.75, 3.05) is 64.5 Å². The van der Waals surface area contributed by atoms with Crippen LogP contribution in [0.25, 0.3) is 0 Å². The number of rotatable bonds is 10. The minimum atomic E-state index is -3.52. The van der Waals surface area contributed by atoms with Gasteiger partial charge in [-0.3, -0.25) is 9.44 Å². The Labute approximate surface area is 249 Å². The minimum absolute atomic E-state index is 0.265. The van der Waals surface area contributed by atoms with Crippen LogP contribution in [0.15, 0.2) is 53.1 Å². The van der Waals surface area contributed by atoms with Crippen LogP contribution in [0.1, 0.15) is 19.3 Å². The fraction of sp³-hybridized carbons (Fsp3) is 0.385. The van der Waals surface area contributed by atoms with Crippen molar-refractivity contribution in [2.24, 2.45) is 0 Å². The van der Waals surface area contributed by atoms with Crippen molar-refractivity contribution in [3.05, 3.63) is 53.1 Å². The Hall–Kier alpha value is -3.14. The van der Waals surface area contributed by atoms with Gasteiger partial charge in [-0.25, -0.2) is 21.8 Å². The van der Waals surface area contributed by atoms with Crippen LogP contribution in [0.2, 0.25) is 0 Å². The monoisotopic (exact) mass is 664 g/mol.